The van der Waals surface area contributed by atoms with E-state index in [0.29, 0.717) is 11.8 Å². The van der Waals surface area contributed by atoms with Crippen molar-refractivity contribution in [1.82, 2.24) is 14.9 Å². The number of hydrogen-bond donors (Lipinski definition) is 1. The van der Waals surface area contributed by atoms with Crippen molar-refractivity contribution in [2.45, 2.75) is 43.9 Å². The summed E-state index contributed by atoms with van der Waals surface area (Å²) in [7, 11) is 0. The van der Waals surface area contributed by atoms with E-state index < -0.39 is 0 Å². The number of nitrogens with zero attached hydrogens (tertiary/aromatic N) is 4. The molecule has 1 saturated heterocycles. The van der Waals surface area contributed by atoms with E-state index in [1.165, 1.54) is 29.7 Å². The van der Waals surface area contributed by atoms with Crippen molar-refractivity contribution in [1.29, 1.82) is 0 Å². The Morgan fingerprint density at radius 2 is 2.00 bits per heavy atom. The van der Waals surface area contributed by atoms with Gasteiger partial charge in [-0.05, 0) is 49.7 Å². The van der Waals surface area contributed by atoms with Crippen molar-refractivity contribution < 1.29 is 4.79 Å². The first-order valence-corrected chi connectivity index (χ1v) is 11.0. The number of carbonyl (C=O) groups is 1. The van der Waals surface area contributed by atoms with Gasteiger partial charge >= 0.3 is 0 Å². The summed E-state index contributed by atoms with van der Waals surface area (Å²) in [6.45, 7) is 3.62. The number of nitrogens with one attached hydrogen (secondary N) is 1. The summed E-state index contributed by atoms with van der Waals surface area (Å²) in [6, 6.07) is 8.79. The number of para-hydroxylation sites is 1. The molecular weight excluding hydrogens is 362 g/mol. The minimum Gasteiger partial charge on any atom is -0.369 e. The third-order valence-corrected chi connectivity index (χ3v) is 7.31. The van der Waals surface area contributed by atoms with Gasteiger partial charge in [0.1, 0.15) is 18.0 Å². The minimum absolute atomic E-state index is 0.108. The highest BCUT2D eigenvalue weighted by atomic mass is 16.2. The second-order valence-corrected chi connectivity index (χ2v) is 9.11. The molecule has 0 bridgehead atoms. The first-order chi connectivity index (χ1) is 14.2. The topological polar surface area (TPSA) is 61.4 Å². The van der Waals surface area contributed by atoms with Gasteiger partial charge in [0, 0.05) is 49.3 Å². The van der Waals surface area contributed by atoms with Crippen LogP contribution < -0.4 is 10.2 Å². The molecule has 6 rings (SSSR count). The average molecular weight is 390 g/mol. The highest BCUT2D eigenvalue weighted by Crippen LogP contribution is 2.50. The van der Waals surface area contributed by atoms with E-state index in [1.54, 1.807) is 6.33 Å². The Morgan fingerprint density at radius 1 is 1.17 bits per heavy atom. The third-order valence-electron chi connectivity index (χ3n) is 7.31. The molecule has 1 amide bonds. The fourth-order valence-electron chi connectivity index (χ4n) is 5.45. The van der Waals surface area contributed by atoms with Crippen LogP contribution in [0.1, 0.15) is 43.2 Å². The highest BCUT2D eigenvalue weighted by molar-refractivity contribution is 5.78. The lowest BCUT2D eigenvalue weighted by atomic mass is 9.74. The number of carbonyl (C=O) groups excluding carboxylic acids is 1. The standard InChI is InChI=1S/C23H27N5O/c29-20(13-16-5-6-16)27-11-8-23(9-12-27)14-28(19-4-2-1-3-18(19)23)22-17-7-10-24-21(17)25-15-26-22/h1-4,15-16H,5-14H2,(H,24,25,26). The minimum atomic E-state index is 0.108. The first-order valence-electron chi connectivity index (χ1n) is 11.0. The molecule has 0 atom stereocenters. The van der Waals surface area contributed by atoms with Gasteiger partial charge in [0.2, 0.25) is 5.91 Å². The summed E-state index contributed by atoms with van der Waals surface area (Å²) in [6.07, 6.45) is 7.95. The molecule has 0 radical (unpaired) electrons. The van der Waals surface area contributed by atoms with E-state index >= 15 is 0 Å². The van der Waals surface area contributed by atoms with Crippen LogP contribution in [0.4, 0.5) is 17.3 Å². The largest absolute Gasteiger partial charge is 0.369 e. The highest BCUT2D eigenvalue weighted by Gasteiger charge is 2.46. The fourth-order valence-corrected chi connectivity index (χ4v) is 5.45. The molecule has 6 nitrogen and oxygen atoms in total. The summed E-state index contributed by atoms with van der Waals surface area (Å²) in [5, 5.41) is 3.38. The van der Waals surface area contributed by atoms with Gasteiger partial charge in [0.05, 0.1) is 0 Å². The van der Waals surface area contributed by atoms with Crippen LogP contribution in [0.3, 0.4) is 0 Å². The molecule has 0 unspecified atom stereocenters. The van der Waals surface area contributed by atoms with Crippen molar-refractivity contribution in [3.05, 3.63) is 41.7 Å². The zero-order valence-corrected chi connectivity index (χ0v) is 16.7. The van der Waals surface area contributed by atoms with Crippen LogP contribution in [-0.2, 0) is 16.6 Å². The molecule has 4 heterocycles. The van der Waals surface area contributed by atoms with E-state index in [0.717, 1.165) is 63.5 Å². The molecule has 2 fully saturated rings. The lowest BCUT2D eigenvalue weighted by molar-refractivity contribution is -0.133. The van der Waals surface area contributed by atoms with Gasteiger partial charge < -0.3 is 15.1 Å². The molecule has 1 aromatic carbocycles. The Bertz CT molecular complexity index is 961. The molecule has 29 heavy (non-hydrogen) atoms. The number of piperidine rings is 1. The zero-order chi connectivity index (χ0) is 19.4. The predicted octanol–water partition coefficient (Wildman–Crippen LogP) is 3.26. The van der Waals surface area contributed by atoms with Crippen LogP contribution in [0, 0.1) is 5.92 Å². The second kappa shape index (κ2) is 6.44. The maximum atomic E-state index is 12.6. The Kier molecular flexibility index (Phi) is 3.83. The number of likely N-dealkylation sites (tertiary alicyclic amines) is 1. The van der Waals surface area contributed by atoms with Crippen LogP contribution >= 0.6 is 0 Å². The van der Waals surface area contributed by atoms with E-state index in [9.17, 15) is 4.79 Å². The predicted molar refractivity (Wildman–Crippen MR) is 113 cm³/mol. The van der Waals surface area contributed by atoms with Crippen LogP contribution in [0.25, 0.3) is 0 Å². The van der Waals surface area contributed by atoms with Crippen LogP contribution in [0.15, 0.2) is 30.6 Å². The van der Waals surface area contributed by atoms with Gasteiger partial charge in [0.15, 0.2) is 0 Å². The molecule has 1 aromatic heterocycles. The number of aromatic nitrogens is 2. The number of rotatable bonds is 3. The fraction of sp³-hybridized carbons (Fsp3) is 0.522. The van der Waals surface area contributed by atoms with Crippen LogP contribution in [0.2, 0.25) is 0 Å². The smallest absolute Gasteiger partial charge is 0.222 e. The first kappa shape index (κ1) is 17.2. The Balaban J connectivity index is 1.29. The van der Waals surface area contributed by atoms with Crippen molar-refractivity contribution in [2.75, 3.05) is 36.4 Å². The molecule has 2 aromatic rings. The van der Waals surface area contributed by atoms with E-state index in [1.807, 2.05) is 0 Å². The molecular formula is C23H27N5O. The summed E-state index contributed by atoms with van der Waals surface area (Å²) in [5.74, 6) is 3.06. The van der Waals surface area contributed by atoms with Crippen molar-refractivity contribution >= 4 is 23.2 Å². The van der Waals surface area contributed by atoms with Gasteiger partial charge in [-0.2, -0.15) is 0 Å². The SMILES string of the molecule is O=C(CC1CC1)N1CCC2(CC1)CN(c1ncnc3c1CCN3)c1ccccc12. The number of anilines is 3. The summed E-state index contributed by atoms with van der Waals surface area (Å²) in [4.78, 5) is 26.2. The van der Waals surface area contributed by atoms with E-state index in [-0.39, 0.29) is 5.41 Å². The molecule has 1 aliphatic carbocycles. The third kappa shape index (κ3) is 2.80. The molecule has 1 N–H and O–H groups in total. The van der Waals surface area contributed by atoms with Gasteiger partial charge in [0.25, 0.3) is 0 Å². The molecule has 3 aliphatic heterocycles. The quantitative estimate of drug-likeness (QED) is 0.873. The Morgan fingerprint density at radius 3 is 2.83 bits per heavy atom. The monoisotopic (exact) mass is 389 g/mol. The van der Waals surface area contributed by atoms with Crippen molar-refractivity contribution in [3.63, 3.8) is 0 Å². The molecule has 6 heteroatoms. The van der Waals surface area contributed by atoms with Gasteiger partial charge in [-0.1, -0.05) is 18.2 Å². The van der Waals surface area contributed by atoms with Crippen LogP contribution in [0.5, 0.6) is 0 Å². The van der Waals surface area contributed by atoms with Gasteiger partial charge in [-0.3, -0.25) is 4.79 Å². The average Bonchev–Trinajstić information content (AvgIpc) is 3.33. The molecule has 4 aliphatic rings. The summed E-state index contributed by atoms with van der Waals surface area (Å²) >= 11 is 0. The molecule has 1 saturated carbocycles. The second-order valence-electron chi connectivity index (χ2n) is 9.11. The number of hydrogen-bond acceptors (Lipinski definition) is 5. The lowest BCUT2D eigenvalue weighted by Gasteiger charge is -2.40. The van der Waals surface area contributed by atoms with E-state index in [2.05, 4.69) is 44.4 Å². The zero-order valence-electron chi connectivity index (χ0n) is 16.7. The summed E-state index contributed by atoms with van der Waals surface area (Å²) < 4.78 is 0. The lowest BCUT2D eigenvalue weighted by Crippen LogP contribution is -2.47. The van der Waals surface area contributed by atoms with Gasteiger partial charge in [-0.25, -0.2) is 9.97 Å². The Hall–Kier alpha value is -2.63. The van der Waals surface area contributed by atoms with Crippen molar-refractivity contribution in [3.8, 4) is 0 Å². The summed E-state index contributed by atoms with van der Waals surface area (Å²) in [5.41, 5.74) is 4.04. The molecule has 150 valence electrons. The number of benzene rings is 1. The normalized spacial score (nSPS) is 21.8. The van der Waals surface area contributed by atoms with E-state index in [4.69, 9.17) is 4.98 Å². The maximum absolute atomic E-state index is 12.6. The maximum Gasteiger partial charge on any atom is 0.222 e. The van der Waals surface area contributed by atoms with Gasteiger partial charge in [-0.15, -0.1) is 0 Å². The Labute approximate surface area is 171 Å². The van der Waals surface area contributed by atoms with Crippen LogP contribution in [-0.4, -0.2) is 47.0 Å². The molecule has 1 spiro atoms. The number of amides is 1. The van der Waals surface area contributed by atoms with Crippen molar-refractivity contribution in [2.24, 2.45) is 5.92 Å². The number of fused-ring (bicyclic) bond motifs is 3.